The number of nitrogens with zero attached hydrogens (tertiary/aromatic N) is 3. The van der Waals surface area contributed by atoms with Crippen molar-refractivity contribution in [3.63, 3.8) is 0 Å². The predicted molar refractivity (Wildman–Crippen MR) is 68.8 cm³/mol. The second-order valence-electron chi connectivity index (χ2n) is 4.00. The Morgan fingerprint density at radius 1 is 1.47 bits per heavy atom. The highest BCUT2D eigenvalue weighted by Gasteiger charge is 2.15. The molecule has 2 heterocycles. The summed E-state index contributed by atoms with van der Waals surface area (Å²) in [5, 5.41) is 13.8. The molecule has 0 aromatic carbocycles. The smallest absolute Gasteiger partial charge is 0.311 e. The van der Waals surface area contributed by atoms with Crippen molar-refractivity contribution in [3.05, 3.63) is 45.8 Å². The summed E-state index contributed by atoms with van der Waals surface area (Å²) in [5.41, 5.74) is 0.641. The van der Waals surface area contributed by atoms with Crippen molar-refractivity contribution in [1.29, 1.82) is 0 Å². The molecule has 0 aliphatic rings. The van der Waals surface area contributed by atoms with Crippen molar-refractivity contribution in [2.75, 3.05) is 5.32 Å². The van der Waals surface area contributed by atoms with Crippen molar-refractivity contribution in [3.8, 4) is 0 Å². The Kier molecular flexibility index (Phi) is 3.74. The summed E-state index contributed by atoms with van der Waals surface area (Å²) < 4.78 is 5.41. The number of nitrogens with one attached hydrogen (secondary N) is 1. The molecule has 0 aliphatic heterocycles. The molecule has 100 valence electrons. The third-order valence-corrected chi connectivity index (χ3v) is 2.57. The third-order valence-electron chi connectivity index (χ3n) is 2.57. The molecule has 0 unspecified atom stereocenters. The van der Waals surface area contributed by atoms with Gasteiger partial charge in [-0.05, 0) is 13.0 Å². The molecule has 19 heavy (non-hydrogen) atoms. The van der Waals surface area contributed by atoms with E-state index in [1.807, 2.05) is 6.92 Å². The molecule has 1 N–H and O–H groups in total. The van der Waals surface area contributed by atoms with Gasteiger partial charge in [0.05, 0.1) is 17.7 Å². The first kappa shape index (κ1) is 13.0. The molecule has 7 nitrogen and oxygen atoms in total. The van der Waals surface area contributed by atoms with Gasteiger partial charge in [0.1, 0.15) is 5.76 Å². The van der Waals surface area contributed by atoms with Crippen LogP contribution in [0.4, 0.5) is 11.5 Å². The lowest BCUT2D eigenvalue weighted by Gasteiger charge is -2.04. The average Bonchev–Trinajstić information content (AvgIpc) is 2.84. The van der Waals surface area contributed by atoms with E-state index < -0.39 is 4.92 Å². The molecule has 0 bridgehead atoms. The molecule has 0 radical (unpaired) electrons. The van der Waals surface area contributed by atoms with Gasteiger partial charge in [-0.25, -0.2) is 9.97 Å². The monoisotopic (exact) mass is 262 g/mol. The lowest BCUT2D eigenvalue weighted by atomic mass is 10.3. The van der Waals surface area contributed by atoms with Gasteiger partial charge < -0.3 is 9.73 Å². The molecule has 0 spiro atoms. The maximum absolute atomic E-state index is 10.9. The van der Waals surface area contributed by atoms with Crippen molar-refractivity contribution < 1.29 is 9.34 Å². The van der Waals surface area contributed by atoms with E-state index in [1.165, 1.54) is 6.07 Å². The van der Waals surface area contributed by atoms with E-state index in [1.54, 1.807) is 19.2 Å². The fourth-order valence-corrected chi connectivity index (χ4v) is 1.58. The zero-order valence-corrected chi connectivity index (χ0v) is 10.7. The SMILES string of the molecule is CCc1cnc(CNc2nc(C)ccc2[N+](=O)[O-])o1. The molecule has 2 aromatic heterocycles. The summed E-state index contributed by atoms with van der Waals surface area (Å²) >= 11 is 0. The van der Waals surface area contributed by atoms with Gasteiger partial charge in [-0.3, -0.25) is 10.1 Å². The predicted octanol–water partition coefficient (Wildman–Crippen LogP) is 2.46. The Labute approximate surface area is 109 Å². The fourth-order valence-electron chi connectivity index (χ4n) is 1.58. The van der Waals surface area contributed by atoms with Crippen molar-refractivity contribution in [1.82, 2.24) is 9.97 Å². The Morgan fingerprint density at radius 2 is 2.26 bits per heavy atom. The fraction of sp³-hybridized carbons (Fsp3) is 0.333. The van der Waals surface area contributed by atoms with Gasteiger partial charge >= 0.3 is 5.69 Å². The van der Waals surface area contributed by atoms with Crippen LogP contribution in [0.1, 0.15) is 24.3 Å². The van der Waals surface area contributed by atoms with Crippen LogP contribution in [0.5, 0.6) is 0 Å². The van der Waals surface area contributed by atoms with Crippen LogP contribution in [0.2, 0.25) is 0 Å². The number of aromatic nitrogens is 2. The van der Waals surface area contributed by atoms with E-state index in [9.17, 15) is 10.1 Å². The van der Waals surface area contributed by atoms with Gasteiger partial charge in [0.2, 0.25) is 11.7 Å². The molecular weight excluding hydrogens is 248 g/mol. The van der Waals surface area contributed by atoms with Crippen LogP contribution >= 0.6 is 0 Å². The van der Waals surface area contributed by atoms with E-state index >= 15 is 0 Å². The molecule has 2 aromatic rings. The van der Waals surface area contributed by atoms with Crippen LogP contribution in [0.15, 0.2) is 22.7 Å². The van der Waals surface area contributed by atoms with Crippen LogP contribution < -0.4 is 5.32 Å². The summed E-state index contributed by atoms with van der Waals surface area (Å²) in [4.78, 5) is 18.6. The highest BCUT2D eigenvalue weighted by Crippen LogP contribution is 2.22. The number of hydrogen-bond donors (Lipinski definition) is 1. The number of hydrogen-bond acceptors (Lipinski definition) is 6. The summed E-state index contributed by atoms with van der Waals surface area (Å²) in [5.74, 6) is 1.49. The first-order chi connectivity index (χ1) is 9.10. The number of rotatable bonds is 5. The van der Waals surface area contributed by atoms with Crippen molar-refractivity contribution in [2.45, 2.75) is 26.8 Å². The molecule has 0 fully saturated rings. The van der Waals surface area contributed by atoms with E-state index in [0.717, 1.165) is 12.2 Å². The topological polar surface area (TPSA) is 94.1 Å². The summed E-state index contributed by atoms with van der Waals surface area (Å²) in [6, 6.07) is 3.03. The molecule has 2 rings (SSSR count). The largest absolute Gasteiger partial charge is 0.444 e. The standard InChI is InChI=1S/C12H14N4O3/c1-3-9-6-13-11(19-9)7-14-12-10(16(17)18)5-4-8(2)15-12/h4-6H,3,7H2,1-2H3,(H,14,15). The summed E-state index contributed by atoms with van der Waals surface area (Å²) in [6.07, 6.45) is 2.41. The lowest BCUT2D eigenvalue weighted by Crippen LogP contribution is -2.05. The highest BCUT2D eigenvalue weighted by atomic mass is 16.6. The molecule has 7 heteroatoms. The van der Waals surface area contributed by atoms with Gasteiger partial charge in [-0.15, -0.1) is 0 Å². The minimum atomic E-state index is -0.470. The maximum atomic E-state index is 10.9. The minimum Gasteiger partial charge on any atom is -0.444 e. The second-order valence-corrected chi connectivity index (χ2v) is 4.00. The Balaban J connectivity index is 2.14. The maximum Gasteiger partial charge on any atom is 0.311 e. The Hall–Kier alpha value is -2.44. The van der Waals surface area contributed by atoms with Gasteiger partial charge in [0, 0.05) is 18.2 Å². The Morgan fingerprint density at radius 3 is 2.89 bits per heavy atom. The van der Waals surface area contributed by atoms with E-state index in [0.29, 0.717) is 11.6 Å². The minimum absolute atomic E-state index is 0.0622. The van der Waals surface area contributed by atoms with E-state index in [-0.39, 0.29) is 18.1 Å². The number of pyridine rings is 1. The molecular formula is C12H14N4O3. The van der Waals surface area contributed by atoms with Crippen LogP contribution in [0.25, 0.3) is 0 Å². The Bertz CT molecular complexity index is 594. The second kappa shape index (κ2) is 5.47. The van der Waals surface area contributed by atoms with Crippen LogP contribution in [-0.2, 0) is 13.0 Å². The normalized spacial score (nSPS) is 10.4. The number of aryl methyl sites for hydroxylation is 2. The van der Waals surface area contributed by atoms with Gasteiger partial charge in [-0.1, -0.05) is 6.92 Å². The first-order valence-electron chi connectivity index (χ1n) is 5.89. The van der Waals surface area contributed by atoms with Gasteiger partial charge in [0.25, 0.3) is 0 Å². The van der Waals surface area contributed by atoms with Crippen molar-refractivity contribution in [2.24, 2.45) is 0 Å². The highest BCUT2D eigenvalue weighted by molar-refractivity contribution is 5.55. The molecule has 0 amide bonds. The molecule has 0 saturated carbocycles. The van der Waals surface area contributed by atoms with Gasteiger partial charge in [0.15, 0.2) is 0 Å². The van der Waals surface area contributed by atoms with Crippen LogP contribution in [0, 0.1) is 17.0 Å². The lowest BCUT2D eigenvalue weighted by molar-refractivity contribution is -0.384. The van der Waals surface area contributed by atoms with E-state index in [2.05, 4.69) is 15.3 Å². The zero-order valence-electron chi connectivity index (χ0n) is 10.7. The van der Waals surface area contributed by atoms with Crippen molar-refractivity contribution >= 4 is 11.5 Å². The first-order valence-corrected chi connectivity index (χ1v) is 5.89. The quantitative estimate of drug-likeness (QED) is 0.657. The van der Waals surface area contributed by atoms with Gasteiger partial charge in [-0.2, -0.15) is 0 Å². The molecule has 0 aliphatic carbocycles. The zero-order chi connectivity index (χ0) is 13.8. The van der Waals surface area contributed by atoms with Crippen LogP contribution in [-0.4, -0.2) is 14.9 Å². The number of anilines is 1. The van der Waals surface area contributed by atoms with E-state index in [4.69, 9.17) is 4.42 Å². The summed E-state index contributed by atoms with van der Waals surface area (Å²) in [7, 11) is 0. The molecule has 0 atom stereocenters. The summed E-state index contributed by atoms with van der Waals surface area (Å²) in [6.45, 7) is 4.00. The third kappa shape index (κ3) is 3.06. The number of nitro groups is 1. The average molecular weight is 262 g/mol. The van der Waals surface area contributed by atoms with Crippen LogP contribution in [0.3, 0.4) is 0 Å². The number of oxazole rings is 1. The molecule has 0 saturated heterocycles.